The third-order valence-electron chi connectivity index (χ3n) is 6.55. The monoisotopic (exact) mass is 465 g/mol. The number of benzene rings is 3. The first-order chi connectivity index (χ1) is 16.9. The highest BCUT2D eigenvalue weighted by Crippen LogP contribution is 2.29. The predicted octanol–water partition coefficient (Wildman–Crippen LogP) is 4.82. The second kappa shape index (κ2) is 9.22. The molecule has 6 heteroatoms. The molecule has 0 saturated carbocycles. The van der Waals surface area contributed by atoms with E-state index in [0.717, 1.165) is 27.7 Å². The number of para-hydroxylation sites is 1. The molecule has 1 aliphatic rings. The number of hydrogen-bond acceptors (Lipinski definition) is 4. The Kier molecular flexibility index (Phi) is 5.95. The minimum Gasteiger partial charge on any atom is -0.508 e. The third-order valence-corrected chi connectivity index (χ3v) is 6.55. The second-order valence-electron chi connectivity index (χ2n) is 9.03. The fourth-order valence-corrected chi connectivity index (χ4v) is 4.70. The molecule has 1 aromatic heterocycles. The van der Waals surface area contributed by atoms with Crippen molar-refractivity contribution in [1.29, 1.82) is 0 Å². The van der Waals surface area contributed by atoms with Gasteiger partial charge in [0.1, 0.15) is 5.75 Å². The van der Waals surface area contributed by atoms with Gasteiger partial charge in [-0.05, 0) is 49.7 Å². The van der Waals surface area contributed by atoms with E-state index >= 15 is 0 Å². The fourth-order valence-electron chi connectivity index (χ4n) is 4.70. The van der Waals surface area contributed by atoms with Crippen LogP contribution in [0.25, 0.3) is 22.2 Å². The zero-order valence-corrected chi connectivity index (χ0v) is 19.9. The molecule has 0 unspecified atom stereocenters. The van der Waals surface area contributed by atoms with E-state index in [4.69, 9.17) is 4.98 Å². The number of rotatable bonds is 3. The lowest BCUT2D eigenvalue weighted by Crippen LogP contribution is -2.50. The summed E-state index contributed by atoms with van der Waals surface area (Å²) in [5, 5.41) is 10.5. The summed E-state index contributed by atoms with van der Waals surface area (Å²) in [6.07, 6.45) is 0. The van der Waals surface area contributed by atoms with Gasteiger partial charge in [-0.25, -0.2) is 4.98 Å². The molecule has 0 aliphatic carbocycles. The standard InChI is InChI=1S/C29H27N3O3/c1-19-10-11-23(20(2)16-19)27-18-25(24-8-3-4-9-26(24)30-27)29(35)32-14-12-31(13-15-32)28(34)21-6-5-7-22(33)17-21/h3-11,16-18,33H,12-15H2,1-2H3. The molecule has 5 rings (SSSR count). The van der Waals surface area contributed by atoms with E-state index in [1.807, 2.05) is 30.3 Å². The second-order valence-corrected chi connectivity index (χ2v) is 9.03. The van der Waals surface area contributed by atoms with Gasteiger partial charge in [-0.1, -0.05) is 48.0 Å². The molecule has 2 amide bonds. The summed E-state index contributed by atoms with van der Waals surface area (Å²) < 4.78 is 0. The normalized spacial score (nSPS) is 13.8. The molecule has 3 aromatic carbocycles. The lowest BCUT2D eigenvalue weighted by atomic mass is 9.99. The molecule has 6 nitrogen and oxygen atoms in total. The van der Waals surface area contributed by atoms with E-state index in [9.17, 15) is 14.7 Å². The summed E-state index contributed by atoms with van der Waals surface area (Å²) in [6, 6.07) is 22.2. The van der Waals surface area contributed by atoms with Crippen LogP contribution in [-0.4, -0.2) is 57.9 Å². The van der Waals surface area contributed by atoms with Crippen molar-refractivity contribution in [3.05, 3.63) is 95.1 Å². The lowest BCUT2D eigenvalue weighted by Gasteiger charge is -2.35. The average molecular weight is 466 g/mol. The van der Waals surface area contributed by atoms with Gasteiger partial charge in [-0.3, -0.25) is 9.59 Å². The molecule has 2 heterocycles. The maximum Gasteiger partial charge on any atom is 0.254 e. The van der Waals surface area contributed by atoms with Crippen molar-refractivity contribution in [3.63, 3.8) is 0 Å². The first kappa shape index (κ1) is 22.6. The van der Waals surface area contributed by atoms with Crippen LogP contribution in [0.2, 0.25) is 0 Å². The average Bonchev–Trinajstić information content (AvgIpc) is 2.87. The number of amides is 2. The van der Waals surface area contributed by atoms with E-state index in [0.29, 0.717) is 37.3 Å². The van der Waals surface area contributed by atoms with Gasteiger partial charge >= 0.3 is 0 Å². The topological polar surface area (TPSA) is 73.7 Å². The number of aromatic nitrogens is 1. The Bertz CT molecular complexity index is 1440. The van der Waals surface area contributed by atoms with Gasteiger partial charge in [0.2, 0.25) is 0 Å². The molecular weight excluding hydrogens is 438 g/mol. The van der Waals surface area contributed by atoms with E-state index in [1.165, 1.54) is 11.6 Å². The minimum atomic E-state index is -0.139. The van der Waals surface area contributed by atoms with Crippen LogP contribution in [-0.2, 0) is 0 Å². The van der Waals surface area contributed by atoms with Gasteiger partial charge in [-0.2, -0.15) is 0 Å². The Hall–Kier alpha value is -4.19. The number of phenols is 1. The van der Waals surface area contributed by atoms with Crippen molar-refractivity contribution in [1.82, 2.24) is 14.8 Å². The van der Waals surface area contributed by atoms with Crippen molar-refractivity contribution in [3.8, 4) is 17.0 Å². The van der Waals surface area contributed by atoms with Crippen LogP contribution in [0.5, 0.6) is 5.75 Å². The molecule has 1 aliphatic heterocycles. The summed E-state index contributed by atoms with van der Waals surface area (Å²) in [4.78, 5) is 34.9. The Morgan fingerprint density at radius 2 is 1.51 bits per heavy atom. The minimum absolute atomic E-state index is 0.0564. The summed E-state index contributed by atoms with van der Waals surface area (Å²) in [7, 11) is 0. The Morgan fingerprint density at radius 1 is 0.800 bits per heavy atom. The third kappa shape index (κ3) is 4.47. The molecule has 176 valence electrons. The van der Waals surface area contributed by atoms with Crippen LogP contribution in [0.15, 0.2) is 72.8 Å². The zero-order chi connectivity index (χ0) is 24.5. The van der Waals surface area contributed by atoms with Crippen LogP contribution in [0.1, 0.15) is 31.8 Å². The highest BCUT2D eigenvalue weighted by Gasteiger charge is 2.27. The summed E-state index contributed by atoms with van der Waals surface area (Å²) in [5.74, 6) is -0.132. The SMILES string of the molecule is Cc1ccc(-c2cc(C(=O)N3CCN(C(=O)c4cccc(O)c4)CC3)c3ccccc3n2)c(C)c1. The number of piperazine rings is 1. The number of carbonyl (C=O) groups is 2. The highest BCUT2D eigenvalue weighted by molar-refractivity contribution is 6.07. The summed E-state index contributed by atoms with van der Waals surface area (Å²) >= 11 is 0. The Balaban J connectivity index is 1.41. The zero-order valence-electron chi connectivity index (χ0n) is 19.9. The van der Waals surface area contributed by atoms with Gasteiger partial charge in [0.15, 0.2) is 0 Å². The smallest absolute Gasteiger partial charge is 0.254 e. The highest BCUT2D eigenvalue weighted by atomic mass is 16.3. The van der Waals surface area contributed by atoms with Crippen molar-refractivity contribution in [2.45, 2.75) is 13.8 Å². The molecule has 1 saturated heterocycles. The summed E-state index contributed by atoms with van der Waals surface area (Å²) in [6.45, 7) is 5.88. The number of pyridine rings is 1. The first-order valence-electron chi connectivity index (χ1n) is 11.8. The van der Waals surface area contributed by atoms with Gasteiger partial charge in [0.25, 0.3) is 11.8 Å². The fraction of sp³-hybridized carbons (Fsp3) is 0.207. The van der Waals surface area contributed by atoms with Crippen LogP contribution in [0.4, 0.5) is 0 Å². The van der Waals surface area contributed by atoms with Gasteiger partial charge < -0.3 is 14.9 Å². The van der Waals surface area contributed by atoms with E-state index in [-0.39, 0.29) is 17.6 Å². The van der Waals surface area contributed by atoms with Crippen molar-refractivity contribution < 1.29 is 14.7 Å². The van der Waals surface area contributed by atoms with Crippen LogP contribution in [0.3, 0.4) is 0 Å². The van der Waals surface area contributed by atoms with Crippen LogP contribution in [0, 0.1) is 13.8 Å². The van der Waals surface area contributed by atoms with E-state index in [2.05, 4.69) is 32.0 Å². The quantitative estimate of drug-likeness (QED) is 0.471. The van der Waals surface area contributed by atoms with Crippen molar-refractivity contribution in [2.75, 3.05) is 26.2 Å². The first-order valence-corrected chi connectivity index (χ1v) is 11.8. The Labute approximate surface area is 204 Å². The van der Waals surface area contributed by atoms with Crippen LogP contribution < -0.4 is 0 Å². The maximum absolute atomic E-state index is 13.7. The number of aromatic hydroxyl groups is 1. The molecular formula is C29H27N3O3. The molecule has 0 atom stereocenters. The van der Waals surface area contributed by atoms with E-state index in [1.54, 1.807) is 28.0 Å². The largest absolute Gasteiger partial charge is 0.508 e. The molecule has 0 radical (unpaired) electrons. The number of nitrogens with zero attached hydrogens (tertiary/aromatic N) is 3. The van der Waals surface area contributed by atoms with Crippen LogP contribution >= 0.6 is 0 Å². The maximum atomic E-state index is 13.7. The number of aryl methyl sites for hydroxylation is 2. The summed E-state index contributed by atoms with van der Waals surface area (Å²) in [5.41, 5.74) is 5.94. The molecule has 35 heavy (non-hydrogen) atoms. The molecule has 0 spiro atoms. The number of hydrogen-bond donors (Lipinski definition) is 1. The number of carbonyl (C=O) groups excluding carboxylic acids is 2. The number of phenolic OH excluding ortho intramolecular Hbond substituents is 1. The van der Waals surface area contributed by atoms with Gasteiger partial charge in [0.05, 0.1) is 16.8 Å². The van der Waals surface area contributed by atoms with E-state index < -0.39 is 0 Å². The number of fused-ring (bicyclic) bond motifs is 1. The predicted molar refractivity (Wildman–Crippen MR) is 137 cm³/mol. The van der Waals surface area contributed by atoms with Crippen molar-refractivity contribution >= 4 is 22.7 Å². The van der Waals surface area contributed by atoms with Gasteiger partial charge in [0, 0.05) is 42.7 Å². The van der Waals surface area contributed by atoms with Crippen molar-refractivity contribution in [2.24, 2.45) is 0 Å². The molecule has 0 bridgehead atoms. The lowest BCUT2D eigenvalue weighted by molar-refractivity contribution is 0.0536. The Morgan fingerprint density at radius 3 is 2.23 bits per heavy atom. The molecule has 1 fully saturated rings. The molecule has 1 N–H and O–H groups in total. The molecule has 4 aromatic rings. The van der Waals surface area contributed by atoms with Gasteiger partial charge in [-0.15, -0.1) is 0 Å².